The minimum atomic E-state index is -0.660. The lowest BCUT2D eigenvalue weighted by Crippen LogP contribution is -1.92. The van der Waals surface area contributed by atoms with Crippen LogP contribution in [0.2, 0.25) is 0 Å². The summed E-state index contributed by atoms with van der Waals surface area (Å²) in [6.07, 6.45) is 0. The van der Waals surface area contributed by atoms with E-state index in [2.05, 4.69) is 41.8 Å². The molecule has 2 aromatic carbocycles. The zero-order chi connectivity index (χ0) is 14.4. The van der Waals surface area contributed by atoms with Crippen LogP contribution in [0.1, 0.15) is 5.56 Å². The first-order valence-electron chi connectivity index (χ1n) is 5.76. The average molecular weight is 402 g/mol. The van der Waals surface area contributed by atoms with Gasteiger partial charge in [0.25, 0.3) is 0 Å². The van der Waals surface area contributed by atoms with Crippen LogP contribution in [-0.2, 0) is 0 Å². The van der Waals surface area contributed by atoms with E-state index in [9.17, 15) is 8.78 Å². The van der Waals surface area contributed by atoms with Gasteiger partial charge in [0.15, 0.2) is 0 Å². The van der Waals surface area contributed by atoms with Gasteiger partial charge in [-0.1, -0.05) is 31.9 Å². The maximum Gasteiger partial charge on any atom is 0.144 e. The second kappa shape index (κ2) is 4.93. The summed E-state index contributed by atoms with van der Waals surface area (Å²) in [5.41, 5.74) is 2.20. The SMILES string of the molecule is Cc1cc(Br)cc2[nH]c(-c3c(F)cc(Br)cc3F)nc12. The van der Waals surface area contributed by atoms with Crippen LogP contribution in [0.3, 0.4) is 0 Å². The Labute approximate surface area is 130 Å². The van der Waals surface area contributed by atoms with Gasteiger partial charge in [-0.05, 0) is 36.8 Å². The van der Waals surface area contributed by atoms with Crippen LogP contribution >= 0.6 is 31.9 Å². The zero-order valence-corrected chi connectivity index (χ0v) is 13.4. The summed E-state index contributed by atoms with van der Waals surface area (Å²) in [6, 6.07) is 6.16. The molecule has 0 radical (unpaired) electrons. The highest BCUT2D eigenvalue weighted by Gasteiger charge is 2.17. The van der Waals surface area contributed by atoms with Crippen molar-refractivity contribution in [1.82, 2.24) is 9.97 Å². The number of nitrogens with zero attached hydrogens (tertiary/aromatic N) is 1. The molecule has 102 valence electrons. The van der Waals surface area contributed by atoms with Crippen molar-refractivity contribution in [3.63, 3.8) is 0 Å². The molecule has 0 amide bonds. The number of nitrogens with one attached hydrogen (secondary N) is 1. The molecule has 0 aliphatic carbocycles. The molecule has 2 nitrogen and oxygen atoms in total. The molecule has 0 aliphatic heterocycles. The van der Waals surface area contributed by atoms with E-state index in [4.69, 9.17) is 0 Å². The third-order valence-corrected chi connectivity index (χ3v) is 3.90. The molecular weight excluding hydrogens is 394 g/mol. The van der Waals surface area contributed by atoms with Gasteiger partial charge < -0.3 is 4.98 Å². The summed E-state index contributed by atoms with van der Waals surface area (Å²) in [4.78, 5) is 7.26. The maximum absolute atomic E-state index is 14.0. The van der Waals surface area contributed by atoms with Crippen LogP contribution in [-0.4, -0.2) is 9.97 Å². The number of halogens is 4. The normalized spacial score (nSPS) is 11.2. The van der Waals surface area contributed by atoms with Gasteiger partial charge in [0.1, 0.15) is 17.5 Å². The van der Waals surface area contributed by atoms with Crippen LogP contribution in [0.15, 0.2) is 33.2 Å². The topological polar surface area (TPSA) is 28.7 Å². The fourth-order valence-electron chi connectivity index (χ4n) is 2.13. The van der Waals surface area contributed by atoms with Crippen molar-refractivity contribution in [2.45, 2.75) is 6.92 Å². The molecule has 3 aromatic rings. The van der Waals surface area contributed by atoms with Gasteiger partial charge in [0, 0.05) is 8.95 Å². The van der Waals surface area contributed by atoms with Crippen LogP contribution < -0.4 is 0 Å². The molecule has 0 bridgehead atoms. The zero-order valence-electron chi connectivity index (χ0n) is 10.3. The number of aromatic nitrogens is 2. The largest absolute Gasteiger partial charge is 0.338 e. The quantitative estimate of drug-likeness (QED) is 0.585. The van der Waals surface area contributed by atoms with E-state index in [1.807, 2.05) is 19.1 Å². The molecule has 1 heterocycles. The molecule has 1 aromatic heterocycles. The van der Waals surface area contributed by atoms with E-state index in [0.29, 0.717) is 9.99 Å². The van der Waals surface area contributed by atoms with Gasteiger partial charge in [-0.15, -0.1) is 0 Å². The number of hydrogen-bond acceptors (Lipinski definition) is 1. The van der Waals surface area contributed by atoms with Crippen LogP contribution in [0.5, 0.6) is 0 Å². The minimum Gasteiger partial charge on any atom is -0.338 e. The van der Waals surface area contributed by atoms with E-state index in [-0.39, 0.29) is 11.4 Å². The molecule has 0 unspecified atom stereocenters. The van der Waals surface area contributed by atoms with Gasteiger partial charge in [0.05, 0.1) is 16.6 Å². The van der Waals surface area contributed by atoms with E-state index in [1.54, 1.807) is 0 Å². The molecule has 3 rings (SSSR count). The Bertz CT molecular complexity index is 804. The molecular formula is C14H8Br2F2N2. The number of hydrogen-bond donors (Lipinski definition) is 1. The molecule has 1 N–H and O–H groups in total. The van der Waals surface area contributed by atoms with Crippen molar-refractivity contribution in [3.8, 4) is 11.4 Å². The molecule has 0 aliphatic rings. The monoisotopic (exact) mass is 400 g/mol. The van der Waals surface area contributed by atoms with E-state index in [0.717, 1.165) is 15.6 Å². The second-order valence-electron chi connectivity index (χ2n) is 4.45. The Kier molecular flexibility index (Phi) is 3.38. The van der Waals surface area contributed by atoms with Crippen molar-refractivity contribution in [2.75, 3.05) is 0 Å². The first kappa shape index (κ1) is 13.7. The van der Waals surface area contributed by atoms with Crippen LogP contribution in [0.25, 0.3) is 22.4 Å². The Hall–Kier alpha value is -1.27. The maximum atomic E-state index is 14.0. The third-order valence-electron chi connectivity index (χ3n) is 2.99. The Morgan fingerprint density at radius 1 is 1.00 bits per heavy atom. The van der Waals surface area contributed by atoms with Gasteiger partial charge in [0.2, 0.25) is 0 Å². The number of aryl methyl sites for hydroxylation is 1. The minimum absolute atomic E-state index is 0.153. The fraction of sp³-hybridized carbons (Fsp3) is 0.0714. The smallest absolute Gasteiger partial charge is 0.144 e. The summed E-state index contributed by atoms with van der Waals surface area (Å²) < 4.78 is 29.2. The van der Waals surface area contributed by atoms with Crippen molar-refractivity contribution in [1.29, 1.82) is 0 Å². The van der Waals surface area contributed by atoms with Crippen LogP contribution in [0, 0.1) is 18.6 Å². The van der Waals surface area contributed by atoms with Crippen molar-refractivity contribution < 1.29 is 8.78 Å². The number of rotatable bonds is 1. The van der Waals surface area contributed by atoms with Crippen molar-refractivity contribution >= 4 is 42.9 Å². The van der Waals surface area contributed by atoms with E-state index in [1.165, 1.54) is 12.1 Å². The van der Waals surface area contributed by atoms with E-state index >= 15 is 0 Å². The second-order valence-corrected chi connectivity index (χ2v) is 6.28. The number of fused-ring (bicyclic) bond motifs is 1. The Morgan fingerprint density at radius 2 is 1.60 bits per heavy atom. The fourth-order valence-corrected chi connectivity index (χ4v) is 3.11. The third kappa shape index (κ3) is 2.27. The number of H-pyrrole nitrogens is 1. The molecule has 0 fully saturated rings. The van der Waals surface area contributed by atoms with Gasteiger partial charge in [-0.3, -0.25) is 0 Å². The lowest BCUT2D eigenvalue weighted by molar-refractivity contribution is 0.586. The molecule has 0 spiro atoms. The first-order chi connectivity index (χ1) is 9.45. The van der Waals surface area contributed by atoms with Gasteiger partial charge in [-0.25, -0.2) is 13.8 Å². The molecule has 0 saturated heterocycles. The highest BCUT2D eigenvalue weighted by molar-refractivity contribution is 9.10. The summed E-state index contributed by atoms with van der Waals surface area (Å²) >= 11 is 6.44. The predicted molar refractivity (Wildman–Crippen MR) is 81.6 cm³/mol. The lowest BCUT2D eigenvalue weighted by Gasteiger charge is -2.02. The predicted octanol–water partition coefficient (Wildman–Crippen LogP) is 5.34. The summed E-state index contributed by atoms with van der Waals surface area (Å²) in [6.45, 7) is 1.89. The molecule has 0 atom stereocenters. The number of benzene rings is 2. The van der Waals surface area contributed by atoms with Crippen molar-refractivity contribution in [3.05, 3.63) is 50.4 Å². The standard InChI is InChI=1S/C14H8Br2F2N2/c1-6-2-7(15)5-11-13(6)20-14(19-11)12-9(17)3-8(16)4-10(12)18/h2-5H,1H3,(H,19,20). The summed E-state index contributed by atoms with van der Waals surface area (Å²) in [5.74, 6) is -1.14. The van der Waals surface area contributed by atoms with Gasteiger partial charge in [-0.2, -0.15) is 0 Å². The lowest BCUT2D eigenvalue weighted by atomic mass is 10.2. The molecule has 6 heteroatoms. The molecule has 0 saturated carbocycles. The van der Waals surface area contributed by atoms with Crippen molar-refractivity contribution in [2.24, 2.45) is 0 Å². The number of imidazole rings is 1. The summed E-state index contributed by atoms with van der Waals surface area (Å²) in [7, 11) is 0. The molecule has 20 heavy (non-hydrogen) atoms. The van der Waals surface area contributed by atoms with Gasteiger partial charge >= 0.3 is 0 Å². The first-order valence-corrected chi connectivity index (χ1v) is 7.35. The highest BCUT2D eigenvalue weighted by atomic mass is 79.9. The van der Waals surface area contributed by atoms with Crippen LogP contribution in [0.4, 0.5) is 8.78 Å². The highest BCUT2D eigenvalue weighted by Crippen LogP contribution is 2.30. The van der Waals surface area contributed by atoms with E-state index < -0.39 is 11.6 Å². The Morgan fingerprint density at radius 3 is 2.25 bits per heavy atom. The summed E-state index contributed by atoms with van der Waals surface area (Å²) in [5, 5.41) is 0. The number of aromatic amines is 1. The average Bonchev–Trinajstić information content (AvgIpc) is 2.71. The Balaban J connectivity index is 2.28.